The van der Waals surface area contributed by atoms with E-state index in [1.165, 1.54) is 7.11 Å². The number of rotatable bonds is 8. The number of carbonyl (C=O) groups is 3. The van der Waals surface area contributed by atoms with Crippen LogP contribution in [0, 0.1) is 5.92 Å². The zero-order valence-electron chi connectivity index (χ0n) is 11.7. The minimum atomic E-state index is -0.808. The summed E-state index contributed by atoms with van der Waals surface area (Å²) < 4.78 is 9.85. The van der Waals surface area contributed by atoms with E-state index in [1.807, 2.05) is 0 Å². The third kappa shape index (κ3) is 5.66. The molecule has 1 aliphatic rings. The summed E-state index contributed by atoms with van der Waals surface area (Å²) in [5, 5.41) is 2.55. The van der Waals surface area contributed by atoms with E-state index in [1.54, 1.807) is 0 Å². The number of ether oxygens (including phenoxy) is 2. The van der Waals surface area contributed by atoms with Crippen molar-refractivity contribution >= 4 is 17.6 Å². The Hall–Kier alpha value is -1.47. The number of carbonyl (C=O) groups excluding carboxylic acids is 3. The third-order valence-corrected chi connectivity index (χ3v) is 3.28. The van der Waals surface area contributed by atoms with Crippen molar-refractivity contribution in [2.45, 2.75) is 31.7 Å². The van der Waals surface area contributed by atoms with Crippen LogP contribution in [0.5, 0.6) is 0 Å². The molecule has 0 saturated heterocycles. The van der Waals surface area contributed by atoms with E-state index >= 15 is 0 Å². The average Bonchev–Trinajstić information content (AvgIpc) is 2.40. The maximum atomic E-state index is 11.7. The fraction of sp³-hybridized carbons (Fsp3) is 0.769. The van der Waals surface area contributed by atoms with E-state index in [9.17, 15) is 14.4 Å². The number of hydrogen-bond donors (Lipinski definition) is 2. The van der Waals surface area contributed by atoms with Gasteiger partial charge in [-0.1, -0.05) is 0 Å². The molecule has 0 aromatic carbocycles. The lowest BCUT2D eigenvalue weighted by Gasteiger charge is -2.28. The second kappa shape index (κ2) is 8.65. The van der Waals surface area contributed by atoms with E-state index in [-0.39, 0.29) is 18.3 Å². The Morgan fingerprint density at radius 2 is 2.20 bits per heavy atom. The van der Waals surface area contributed by atoms with Crippen LogP contribution < -0.4 is 11.1 Å². The number of amides is 2. The molecule has 0 unspecified atom stereocenters. The third-order valence-electron chi connectivity index (χ3n) is 3.28. The van der Waals surface area contributed by atoms with Gasteiger partial charge in [0, 0.05) is 20.0 Å². The van der Waals surface area contributed by atoms with Gasteiger partial charge in [0.15, 0.2) is 0 Å². The van der Waals surface area contributed by atoms with Crippen molar-refractivity contribution in [1.82, 2.24) is 5.32 Å². The molecule has 20 heavy (non-hydrogen) atoms. The second-order valence-corrected chi connectivity index (χ2v) is 4.89. The molecule has 1 fully saturated rings. The van der Waals surface area contributed by atoms with Crippen LogP contribution in [0.2, 0.25) is 0 Å². The molecule has 114 valence electrons. The van der Waals surface area contributed by atoms with Gasteiger partial charge in [-0.3, -0.25) is 14.4 Å². The monoisotopic (exact) mass is 286 g/mol. The molecular weight excluding hydrogens is 264 g/mol. The van der Waals surface area contributed by atoms with Gasteiger partial charge >= 0.3 is 0 Å². The molecule has 3 N–H and O–H groups in total. The van der Waals surface area contributed by atoms with Gasteiger partial charge in [-0.25, -0.2) is 0 Å². The van der Waals surface area contributed by atoms with Crippen molar-refractivity contribution < 1.29 is 23.9 Å². The summed E-state index contributed by atoms with van der Waals surface area (Å²) in [6, 6.07) is -0.808. The fourth-order valence-corrected chi connectivity index (χ4v) is 2.29. The molecule has 0 heterocycles. The van der Waals surface area contributed by atoms with Gasteiger partial charge in [-0.05, 0) is 18.8 Å². The van der Waals surface area contributed by atoms with Gasteiger partial charge in [-0.15, -0.1) is 0 Å². The summed E-state index contributed by atoms with van der Waals surface area (Å²) in [6.45, 7) is 0.532. The Labute approximate surface area is 118 Å². The molecule has 2 atom stereocenters. The van der Waals surface area contributed by atoms with Crippen LogP contribution in [-0.2, 0) is 23.9 Å². The molecule has 0 aromatic heterocycles. The Morgan fingerprint density at radius 3 is 2.80 bits per heavy atom. The summed E-state index contributed by atoms with van der Waals surface area (Å²) in [6.07, 6.45) is 2.27. The van der Waals surface area contributed by atoms with Crippen molar-refractivity contribution in [2.75, 3.05) is 26.9 Å². The molecule has 0 aliphatic heterocycles. The first kappa shape index (κ1) is 16.6. The maximum Gasteiger partial charge on any atom is 0.246 e. The first-order chi connectivity index (χ1) is 9.54. The number of nitrogens with two attached hydrogens (primary N) is 1. The zero-order valence-corrected chi connectivity index (χ0v) is 11.7. The number of hydrogen-bond acceptors (Lipinski definition) is 5. The lowest BCUT2D eigenvalue weighted by atomic mass is 9.83. The predicted molar refractivity (Wildman–Crippen MR) is 70.8 cm³/mol. The van der Waals surface area contributed by atoms with Crippen LogP contribution in [-0.4, -0.2) is 50.6 Å². The average molecular weight is 286 g/mol. The smallest absolute Gasteiger partial charge is 0.246 e. The maximum absolute atomic E-state index is 11.7. The number of methoxy groups -OCH3 is 1. The molecule has 0 bridgehead atoms. The van der Waals surface area contributed by atoms with Gasteiger partial charge in [-0.2, -0.15) is 0 Å². The first-order valence-electron chi connectivity index (χ1n) is 6.71. The first-order valence-corrected chi connectivity index (χ1v) is 6.71. The molecule has 1 saturated carbocycles. The van der Waals surface area contributed by atoms with Crippen LogP contribution in [0.3, 0.4) is 0 Å². The molecular formula is C13H22N2O5. The quantitative estimate of drug-likeness (QED) is 0.578. The van der Waals surface area contributed by atoms with Crippen LogP contribution in [0.15, 0.2) is 0 Å². The van der Waals surface area contributed by atoms with Gasteiger partial charge in [0.05, 0.1) is 13.2 Å². The van der Waals surface area contributed by atoms with Crippen LogP contribution in [0.4, 0.5) is 0 Å². The van der Waals surface area contributed by atoms with E-state index < -0.39 is 17.9 Å². The zero-order chi connectivity index (χ0) is 15.0. The minimum Gasteiger partial charge on any atom is -0.382 e. The Balaban J connectivity index is 2.44. The molecule has 0 spiro atoms. The summed E-state index contributed by atoms with van der Waals surface area (Å²) in [4.78, 5) is 34.6. The van der Waals surface area contributed by atoms with Gasteiger partial charge in [0.1, 0.15) is 18.4 Å². The molecule has 0 aromatic rings. The number of Topliss-reactive ketones (excluding diaryl/α,β-unsaturated/α-hetero) is 1. The summed E-state index contributed by atoms with van der Waals surface area (Å²) in [5.74, 6) is -1.13. The van der Waals surface area contributed by atoms with Crippen molar-refractivity contribution in [3.8, 4) is 0 Å². The van der Waals surface area contributed by atoms with Crippen LogP contribution >= 0.6 is 0 Å². The molecule has 7 heteroatoms. The molecule has 7 nitrogen and oxygen atoms in total. The van der Waals surface area contributed by atoms with Crippen molar-refractivity contribution in [3.63, 3.8) is 0 Å². The van der Waals surface area contributed by atoms with Crippen LogP contribution in [0.1, 0.15) is 25.7 Å². The SMILES string of the molecule is COCCOCC(=O)N[C@H](C(N)=O)[C@H]1CCCC(=O)C1. The Kier molecular flexibility index (Phi) is 7.17. The second-order valence-electron chi connectivity index (χ2n) is 4.89. The highest BCUT2D eigenvalue weighted by Crippen LogP contribution is 2.24. The normalized spacial score (nSPS) is 20.4. The number of primary amides is 1. The number of ketones is 1. The van der Waals surface area contributed by atoms with Crippen molar-refractivity contribution in [1.29, 1.82) is 0 Å². The summed E-state index contributed by atoms with van der Waals surface area (Å²) in [5.41, 5.74) is 5.31. The molecule has 1 rings (SSSR count). The fourth-order valence-electron chi connectivity index (χ4n) is 2.29. The van der Waals surface area contributed by atoms with Crippen LogP contribution in [0.25, 0.3) is 0 Å². The van der Waals surface area contributed by atoms with E-state index in [0.717, 1.165) is 6.42 Å². The summed E-state index contributed by atoms with van der Waals surface area (Å²) in [7, 11) is 1.53. The lowest BCUT2D eigenvalue weighted by molar-refractivity contribution is -0.133. The Bertz CT molecular complexity index is 359. The van der Waals surface area contributed by atoms with Gasteiger partial charge in [0.25, 0.3) is 0 Å². The standard InChI is InChI=1S/C13H22N2O5/c1-19-5-6-20-8-11(17)15-12(13(14)18)9-3-2-4-10(16)7-9/h9,12H,2-8H2,1H3,(H2,14,18)(H,15,17)/t9-,12-/m0/s1. The largest absolute Gasteiger partial charge is 0.382 e. The Morgan fingerprint density at radius 1 is 1.45 bits per heavy atom. The summed E-state index contributed by atoms with van der Waals surface area (Å²) >= 11 is 0. The molecule has 0 radical (unpaired) electrons. The predicted octanol–water partition coefficient (Wildman–Crippen LogP) is -0.621. The van der Waals surface area contributed by atoms with Gasteiger partial charge < -0.3 is 20.5 Å². The lowest BCUT2D eigenvalue weighted by Crippen LogP contribution is -2.51. The van der Waals surface area contributed by atoms with E-state index in [2.05, 4.69) is 5.32 Å². The van der Waals surface area contributed by atoms with E-state index in [0.29, 0.717) is 32.5 Å². The van der Waals surface area contributed by atoms with Gasteiger partial charge in [0.2, 0.25) is 11.8 Å². The highest BCUT2D eigenvalue weighted by molar-refractivity contribution is 5.88. The molecule has 2 amide bonds. The highest BCUT2D eigenvalue weighted by Gasteiger charge is 2.31. The topological polar surface area (TPSA) is 108 Å². The number of nitrogens with one attached hydrogen (secondary N) is 1. The van der Waals surface area contributed by atoms with E-state index in [4.69, 9.17) is 15.2 Å². The highest BCUT2D eigenvalue weighted by atomic mass is 16.5. The molecule has 1 aliphatic carbocycles. The van der Waals surface area contributed by atoms with Crippen molar-refractivity contribution in [3.05, 3.63) is 0 Å². The minimum absolute atomic E-state index is 0.109. The van der Waals surface area contributed by atoms with Crippen molar-refractivity contribution in [2.24, 2.45) is 11.7 Å².